The Morgan fingerprint density at radius 2 is 1.63 bits per heavy atom. The standard InChI is InChI=1S/C16H24ClNO/c1-11(2)13-6-8-14(9-7-13)12(3)18-15(19)16(4,5)10-17/h6-9,11-12H,10H2,1-5H3,(H,18,19). The first kappa shape index (κ1) is 16.0. The number of alkyl halides is 1. The van der Waals surface area contributed by atoms with Crippen molar-refractivity contribution >= 4 is 17.5 Å². The van der Waals surface area contributed by atoms with Crippen molar-refractivity contribution in [3.05, 3.63) is 35.4 Å². The molecule has 19 heavy (non-hydrogen) atoms. The van der Waals surface area contributed by atoms with Crippen molar-refractivity contribution in [3.8, 4) is 0 Å². The Labute approximate surface area is 121 Å². The molecule has 0 aliphatic carbocycles. The van der Waals surface area contributed by atoms with Crippen molar-refractivity contribution < 1.29 is 4.79 Å². The quantitative estimate of drug-likeness (QED) is 0.803. The molecule has 0 saturated heterocycles. The zero-order valence-corrected chi connectivity index (χ0v) is 13.2. The number of hydrogen-bond acceptors (Lipinski definition) is 1. The van der Waals surface area contributed by atoms with Gasteiger partial charge in [-0.05, 0) is 37.8 Å². The van der Waals surface area contributed by atoms with Crippen LogP contribution in [0.5, 0.6) is 0 Å². The Morgan fingerprint density at radius 3 is 2.05 bits per heavy atom. The molecule has 1 aromatic carbocycles. The highest BCUT2D eigenvalue weighted by Gasteiger charge is 2.27. The molecule has 2 nitrogen and oxygen atoms in total. The fourth-order valence-electron chi connectivity index (χ4n) is 1.71. The minimum atomic E-state index is -0.534. The molecule has 0 saturated carbocycles. The zero-order chi connectivity index (χ0) is 14.6. The number of nitrogens with one attached hydrogen (secondary N) is 1. The van der Waals surface area contributed by atoms with E-state index in [-0.39, 0.29) is 11.9 Å². The van der Waals surface area contributed by atoms with Crippen LogP contribution in [0, 0.1) is 5.41 Å². The summed E-state index contributed by atoms with van der Waals surface area (Å²) < 4.78 is 0. The molecule has 0 aliphatic heterocycles. The lowest BCUT2D eigenvalue weighted by molar-refractivity contribution is -0.129. The Hall–Kier alpha value is -1.02. The van der Waals surface area contributed by atoms with Crippen molar-refractivity contribution in [2.75, 3.05) is 5.88 Å². The molecule has 106 valence electrons. The first-order valence-corrected chi connectivity index (χ1v) is 7.28. The van der Waals surface area contributed by atoms with Crippen LogP contribution in [0.4, 0.5) is 0 Å². The fraction of sp³-hybridized carbons (Fsp3) is 0.562. The number of amides is 1. The molecule has 1 unspecified atom stereocenters. The minimum absolute atomic E-state index is 0.00351. The third-order valence-corrected chi connectivity index (χ3v) is 4.07. The van der Waals surface area contributed by atoms with E-state index in [4.69, 9.17) is 11.6 Å². The van der Waals surface area contributed by atoms with Crippen molar-refractivity contribution in [2.24, 2.45) is 5.41 Å². The van der Waals surface area contributed by atoms with E-state index in [1.54, 1.807) is 0 Å². The lowest BCUT2D eigenvalue weighted by Crippen LogP contribution is -2.39. The van der Waals surface area contributed by atoms with Gasteiger partial charge in [0, 0.05) is 5.88 Å². The lowest BCUT2D eigenvalue weighted by Gasteiger charge is -2.24. The van der Waals surface area contributed by atoms with Crippen LogP contribution in [0.3, 0.4) is 0 Å². The van der Waals surface area contributed by atoms with Crippen LogP contribution in [0.25, 0.3) is 0 Å². The lowest BCUT2D eigenvalue weighted by atomic mass is 9.94. The van der Waals surface area contributed by atoms with Crippen LogP contribution >= 0.6 is 11.6 Å². The van der Waals surface area contributed by atoms with E-state index in [2.05, 4.69) is 43.4 Å². The molecule has 0 aromatic heterocycles. The first-order valence-electron chi connectivity index (χ1n) is 6.74. The van der Waals surface area contributed by atoms with Gasteiger partial charge in [-0.3, -0.25) is 4.79 Å². The van der Waals surface area contributed by atoms with Crippen molar-refractivity contribution in [1.82, 2.24) is 5.32 Å². The number of carbonyl (C=O) groups is 1. The second-order valence-corrected chi connectivity index (χ2v) is 6.30. The number of benzene rings is 1. The molecule has 0 heterocycles. The summed E-state index contributed by atoms with van der Waals surface area (Å²) in [6.07, 6.45) is 0. The maximum Gasteiger partial charge on any atom is 0.227 e. The van der Waals surface area contributed by atoms with Gasteiger partial charge in [0.2, 0.25) is 5.91 Å². The predicted octanol–water partition coefficient (Wildman–Crippen LogP) is 4.25. The molecule has 0 bridgehead atoms. The highest BCUT2D eigenvalue weighted by molar-refractivity contribution is 6.19. The van der Waals surface area contributed by atoms with Gasteiger partial charge in [-0.15, -0.1) is 11.6 Å². The highest BCUT2D eigenvalue weighted by atomic mass is 35.5. The van der Waals surface area contributed by atoms with Crippen LogP contribution in [-0.4, -0.2) is 11.8 Å². The average Bonchev–Trinajstić information content (AvgIpc) is 2.38. The Kier molecular flexibility index (Phi) is 5.42. The van der Waals surface area contributed by atoms with E-state index in [1.165, 1.54) is 5.56 Å². The van der Waals surface area contributed by atoms with Gasteiger partial charge in [-0.1, -0.05) is 38.1 Å². The van der Waals surface area contributed by atoms with Gasteiger partial charge in [0.15, 0.2) is 0 Å². The van der Waals surface area contributed by atoms with Crippen LogP contribution in [0.1, 0.15) is 57.7 Å². The molecule has 0 fully saturated rings. The van der Waals surface area contributed by atoms with Crippen LogP contribution in [0.2, 0.25) is 0 Å². The van der Waals surface area contributed by atoms with Crippen LogP contribution < -0.4 is 5.32 Å². The minimum Gasteiger partial charge on any atom is -0.349 e. The smallest absolute Gasteiger partial charge is 0.227 e. The zero-order valence-electron chi connectivity index (χ0n) is 12.5. The first-order chi connectivity index (χ1) is 8.77. The SMILES string of the molecule is CC(C)c1ccc(C(C)NC(=O)C(C)(C)CCl)cc1. The predicted molar refractivity (Wildman–Crippen MR) is 81.6 cm³/mol. The molecular weight excluding hydrogens is 258 g/mol. The summed E-state index contributed by atoms with van der Waals surface area (Å²) in [4.78, 5) is 12.1. The van der Waals surface area contributed by atoms with E-state index >= 15 is 0 Å². The second-order valence-electron chi connectivity index (χ2n) is 6.03. The molecule has 1 amide bonds. The van der Waals surface area contributed by atoms with Crippen molar-refractivity contribution in [3.63, 3.8) is 0 Å². The summed E-state index contributed by atoms with van der Waals surface area (Å²) in [5, 5.41) is 3.01. The maximum absolute atomic E-state index is 12.1. The van der Waals surface area contributed by atoms with Crippen molar-refractivity contribution in [2.45, 2.75) is 46.6 Å². The monoisotopic (exact) mass is 281 g/mol. The summed E-state index contributed by atoms with van der Waals surface area (Å²) in [5.74, 6) is 0.828. The topological polar surface area (TPSA) is 29.1 Å². The molecule has 3 heteroatoms. The molecule has 1 atom stereocenters. The second kappa shape index (κ2) is 6.42. The maximum atomic E-state index is 12.1. The highest BCUT2D eigenvalue weighted by Crippen LogP contribution is 2.22. The van der Waals surface area contributed by atoms with Gasteiger partial charge in [-0.25, -0.2) is 0 Å². The van der Waals surface area contributed by atoms with Gasteiger partial charge < -0.3 is 5.32 Å². The van der Waals surface area contributed by atoms with E-state index in [0.717, 1.165) is 5.56 Å². The third-order valence-electron chi connectivity index (χ3n) is 3.40. The van der Waals surface area contributed by atoms with Gasteiger partial charge in [0.05, 0.1) is 11.5 Å². The summed E-state index contributed by atoms with van der Waals surface area (Å²) in [5.41, 5.74) is 1.89. The normalized spacial score (nSPS) is 13.4. The van der Waals surface area contributed by atoms with Crippen molar-refractivity contribution in [1.29, 1.82) is 0 Å². The third kappa shape index (κ3) is 4.24. The Morgan fingerprint density at radius 1 is 1.16 bits per heavy atom. The van der Waals surface area contributed by atoms with Gasteiger partial charge in [0.1, 0.15) is 0 Å². The van der Waals surface area contributed by atoms with Gasteiger partial charge in [-0.2, -0.15) is 0 Å². The van der Waals surface area contributed by atoms with E-state index < -0.39 is 5.41 Å². The number of carbonyl (C=O) groups excluding carboxylic acids is 1. The molecule has 1 aromatic rings. The fourth-order valence-corrected chi connectivity index (χ4v) is 1.83. The molecule has 0 spiro atoms. The molecule has 1 N–H and O–H groups in total. The largest absolute Gasteiger partial charge is 0.349 e. The Balaban J connectivity index is 2.73. The summed E-state index contributed by atoms with van der Waals surface area (Å²) in [7, 11) is 0. The van der Waals surface area contributed by atoms with E-state index in [9.17, 15) is 4.79 Å². The number of hydrogen-bond donors (Lipinski definition) is 1. The summed E-state index contributed by atoms with van der Waals surface area (Å²) in [6.45, 7) is 10.0. The Bertz CT molecular complexity index is 423. The molecule has 1 rings (SSSR count). The average molecular weight is 282 g/mol. The molecule has 0 aliphatic rings. The number of halogens is 1. The van der Waals surface area contributed by atoms with E-state index in [1.807, 2.05) is 20.8 Å². The summed E-state index contributed by atoms with van der Waals surface area (Å²) >= 11 is 5.81. The summed E-state index contributed by atoms with van der Waals surface area (Å²) in [6, 6.07) is 8.39. The van der Waals surface area contributed by atoms with Crippen LogP contribution in [0.15, 0.2) is 24.3 Å². The van der Waals surface area contributed by atoms with E-state index in [0.29, 0.717) is 11.8 Å². The van der Waals surface area contributed by atoms with Crippen LogP contribution in [-0.2, 0) is 4.79 Å². The molecular formula is C16H24ClNO. The van der Waals surface area contributed by atoms with Gasteiger partial charge in [0.25, 0.3) is 0 Å². The molecule has 0 radical (unpaired) electrons. The number of rotatable bonds is 5. The van der Waals surface area contributed by atoms with Gasteiger partial charge >= 0.3 is 0 Å².